The molecule has 0 saturated heterocycles. The number of rotatable bonds is 4. The van der Waals surface area contributed by atoms with Crippen LogP contribution in [0.5, 0.6) is 5.75 Å². The predicted octanol–water partition coefficient (Wildman–Crippen LogP) is 2.87. The van der Waals surface area contributed by atoms with Crippen LogP contribution in [0.4, 0.5) is 5.69 Å². The summed E-state index contributed by atoms with van der Waals surface area (Å²) in [5, 5.41) is 12.5. The Bertz CT molecular complexity index is 1320. The van der Waals surface area contributed by atoms with Gasteiger partial charge < -0.3 is 10.4 Å². The number of nitrogens with zero attached hydrogens (tertiary/aromatic N) is 2. The molecular formula is C21H17N3O4S. The second-order valence-corrected chi connectivity index (χ2v) is 7.75. The molecule has 146 valence electrons. The second kappa shape index (κ2) is 7.40. The second-order valence-electron chi connectivity index (χ2n) is 6.52. The van der Waals surface area contributed by atoms with Crippen LogP contribution in [0.3, 0.4) is 0 Å². The van der Waals surface area contributed by atoms with Gasteiger partial charge >= 0.3 is 5.69 Å². The smallest absolute Gasteiger partial charge is 0.337 e. The van der Waals surface area contributed by atoms with Gasteiger partial charge in [0.2, 0.25) is 5.91 Å². The first-order valence-electron chi connectivity index (χ1n) is 8.84. The van der Waals surface area contributed by atoms with Crippen molar-refractivity contribution in [3.8, 4) is 11.4 Å². The maximum atomic E-state index is 13.2. The van der Waals surface area contributed by atoms with Crippen molar-refractivity contribution in [2.75, 3.05) is 5.32 Å². The first kappa shape index (κ1) is 18.7. The Kier molecular flexibility index (Phi) is 4.77. The average molecular weight is 407 g/mol. The fraction of sp³-hybridized carbons (Fsp3) is 0.0952. The van der Waals surface area contributed by atoms with E-state index in [2.05, 4.69) is 5.32 Å². The molecule has 2 aromatic heterocycles. The number of aromatic nitrogens is 2. The van der Waals surface area contributed by atoms with Crippen LogP contribution in [0.25, 0.3) is 15.9 Å². The number of thiophene rings is 1. The van der Waals surface area contributed by atoms with Gasteiger partial charge in [0.1, 0.15) is 17.1 Å². The number of amides is 1. The highest BCUT2D eigenvalue weighted by Crippen LogP contribution is 2.22. The molecule has 0 aliphatic carbocycles. The normalized spacial score (nSPS) is 10.9. The van der Waals surface area contributed by atoms with E-state index in [1.54, 1.807) is 48.5 Å². The number of carbonyl (C=O) groups is 1. The molecule has 0 aliphatic heterocycles. The third kappa shape index (κ3) is 3.57. The molecule has 29 heavy (non-hydrogen) atoms. The maximum absolute atomic E-state index is 13.2. The fourth-order valence-electron chi connectivity index (χ4n) is 3.10. The van der Waals surface area contributed by atoms with E-state index >= 15 is 0 Å². The lowest BCUT2D eigenvalue weighted by molar-refractivity contribution is -0.116. The number of anilines is 1. The van der Waals surface area contributed by atoms with E-state index < -0.39 is 17.2 Å². The predicted molar refractivity (Wildman–Crippen MR) is 113 cm³/mol. The number of aromatic hydroxyl groups is 1. The number of fused-ring (bicyclic) bond motifs is 1. The highest BCUT2D eigenvalue weighted by Gasteiger charge is 2.18. The molecule has 1 amide bonds. The molecule has 0 fully saturated rings. The third-order valence-corrected chi connectivity index (χ3v) is 5.48. The minimum absolute atomic E-state index is 0.0879. The van der Waals surface area contributed by atoms with Crippen molar-refractivity contribution in [2.24, 2.45) is 0 Å². The van der Waals surface area contributed by atoms with Gasteiger partial charge in [-0.25, -0.2) is 9.36 Å². The summed E-state index contributed by atoms with van der Waals surface area (Å²) < 4.78 is 2.40. The number of phenolic OH excluding ortho intramolecular Hbond substituents is 1. The van der Waals surface area contributed by atoms with Crippen LogP contribution >= 0.6 is 11.3 Å². The van der Waals surface area contributed by atoms with Crippen molar-refractivity contribution in [3.63, 3.8) is 0 Å². The third-order valence-electron chi connectivity index (χ3n) is 4.40. The molecule has 0 bridgehead atoms. The van der Waals surface area contributed by atoms with Crippen molar-refractivity contribution >= 4 is 33.1 Å². The molecule has 7 nitrogen and oxygen atoms in total. The van der Waals surface area contributed by atoms with Crippen molar-refractivity contribution in [1.82, 2.24) is 9.13 Å². The van der Waals surface area contributed by atoms with Crippen LogP contribution in [0.15, 0.2) is 70.3 Å². The van der Waals surface area contributed by atoms with Gasteiger partial charge in [-0.2, -0.15) is 0 Å². The Hall–Kier alpha value is -3.65. The molecule has 8 heteroatoms. The van der Waals surface area contributed by atoms with Gasteiger partial charge in [-0.05, 0) is 49.4 Å². The molecular weight excluding hydrogens is 390 g/mol. The molecule has 0 atom stereocenters. The lowest BCUT2D eigenvalue weighted by Crippen LogP contribution is -2.40. The Balaban J connectivity index is 1.81. The zero-order valence-electron chi connectivity index (χ0n) is 15.5. The van der Waals surface area contributed by atoms with Gasteiger partial charge in [0.05, 0.1) is 11.1 Å². The Labute approximate surface area is 169 Å². The van der Waals surface area contributed by atoms with Crippen molar-refractivity contribution in [1.29, 1.82) is 0 Å². The summed E-state index contributed by atoms with van der Waals surface area (Å²) in [6.07, 6.45) is 0. The van der Waals surface area contributed by atoms with Crippen LogP contribution in [0.2, 0.25) is 0 Å². The van der Waals surface area contributed by atoms with Crippen LogP contribution < -0.4 is 16.6 Å². The minimum Gasteiger partial charge on any atom is -0.508 e. The highest BCUT2D eigenvalue weighted by molar-refractivity contribution is 7.18. The van der Waals surface area contributed by atoms with Crippen LogP contribution in [0.1, 0.15) is 4.88 Å². The fourth-order valence-corrected chi connectivity index (χ4v) is 4.09. The summed E-state index contributed by atoms with van der Waals surface area (Å²) in [5.74, 6) is -0.326. The van der Waals surface area contributed by atoms with Crippen LogP contribution in [0, 0.1) is 6.92 Å². The molecule has 0 unspecified atom stereocenters. The van der Waals surface area contributed by atoms with Crippen molar-refractivity contribution < 1.29 is 9.90 Å². The molecule has 4 aromatic rings. The van der Waals surface area contributed by atoms with Gasteiger partial charge in [0, 0.05) is 10.6 Å². The van der Waals surface area contributed by atoms with E-state index in [0.717, 1.165) is 9.44 Å². The quantitative estimate of drug-likeness (QED) is 0.509. The number of para-hydroxylation sites is 1. The molecule has 2 aromatic carbocycles. The minimum atomic E-state index is -0.573. The number of carbonyl (C=O) groups excluding carboxylic acids is 1. The number of hydrogen-bond acceptors (Lipinski definition) is 5. The summed E-state index contributed by atoms with van der Waals surface area (Å²) in [5.41, 5.74) is -0.0380. The van der Waals surface area contributed by atoms with Gasteiger partial charge in [0.25, 0.3) is 5.56 Å². The van der Waals surface area contributed by atoms with Gasteiger partial charge in [-0.1, -0.05) is 18.2 Å². The van der Waals surface area contributed by atoms with E-state index in [0.29, 0.717) is 21.6 Å². The van der Waals surface area contributed by atoms with E-state index in [1.807, 2.05) is 6.92 Å². The number of aryl methyl sites for hydroxylation is 1. The van der Waals surface area contributed by atoms with E-state index in [4.69, 9.17) is 0 Å². The molecule has 2 N–H and O–H groups in total. The zero-order chi connectivity index (χ0) is 20.5. The SMILES string of the molecule is Cc1cc2c(=O)n(-c3ccccc3)c(=O)n(CC(=O)Nc3ccc(O)cc3)c2s1. The lowest BCUT2D eigenvalue weighted by Gasteiger charge is -2.12. The first-order chi connectivity index (χ1) is 13.9. The summed E-state index contributed by atoms with van der Waals surface area (Å²) in [6, 6.07) is 16.4. The average Bonchev–Trinajstić information content (AvgIpc) is 3.10. The number of benzene rings is 2. The summed E-state index contributed by atoms with van der Waals surface area (Å²) in [6.45, 7) is 1.60. The molecule has 2 heterocycles. The van der Waals surface area contributed by atoms with Gasteiger partial charge in [-0.3, -0.25) is 14.2 Å². The highest BCUT2D eigenvalue weighted by atomic mass is 32.1. The zero-order valence-corrected chi connectivity index (χ0v) is 16.3. The molecule has 0 saturated carbocycles. The molecule has 0 spiro atoms. The van der Waals surface area contributed by atoms with E-state index in [9.17, 15) is 19.5 Å². The summed E-state index contributed by atoms with van der Waals surface area (Å²) in [7, 11) is 0. The Morgan fingerprint density at radius 1 is 1.07 bits per heavy atom. The Morgan fingerprint density at radius 3 is 2.45 bits per heavy atom. The topological polar surface area (TPSA) is 93.3 Å². The van der Waals surface area contributed by atoms with E-state index in [1.165, 1.54) is 28.0 Å². The maximum Gasteiger partial charge on any atom is 0.337 e. The molecule has 0 radical (unpaired) electrons. The largest absolute Gasteiger partial charge is 0.508 e. The Morgan fingerprint density at radius 2 is 1.76 bits per heavy atom. The van der Waals surface area contributed by atoms with Crippen molar-refractivity contribution in [2.45, 2.75) is 13.5 Å². The number of phenols is 1. The van der Waals surface area contributed by atoms with Crippen LogP contribution in [-0.2, 0) is 11.3 Å². The standard InChI is InChI=1S/C21H17N3O4S/c1-13-11-17-19(27)24(15-5-3-2-4-6-15)21(28)23(20(17)29-13)12-18(26)22-14-7-9-16(25)10-8-14/h2-11,25H,12H2,1H3,(H,22,26). The first-order valence-corrected chi connectivity index (χ1v) is 9.66. The number of nitrogens with one attached hydrogen (secondary N) is 1. The van der Waals surface area contributed by atoms with Crippen LogP contribution in [-0.4, -0.2) is 20.1 Å². The summed E-state index contributed by atoms with van der Waals surface area (Å²) in [4.78, 5) is 40.0. The molecule has 0 aliphatic rings. The van der Waals surface area contributed by atoms with E-state index in [-0.39, 0.29) is 12.3 Å². The van der Waals surface area contributed by atoms with Crippen molar-refractivity contribution in [3.05, 3.63) is 86.4 Å². The monoisotopic (exact) mass is 407 g/mol. The molecule has 4 rings (SSSR count). The van der Waals surface area contributed by atoms with Gasteiger partial charge in [-0.15, -0.1) is 11.3 Å². The lowest BCUT2D eigenvalue weighted by atomic mass is 10.3. The summed E-state index contributed by atoms with van der Waals surface area (Å²) >= 11 is 1.30. The number of hydrogen-bond donors (Lipinski definition) is 2. The van der Waals surface area contributed by atoms with Gasteiger partial charge in [0.15, 0.2) is 0 Å².